The van der Waals surface area contributed by atoms with Gasteiger partial charge in [-0.25, -0.2) is 4.98 Å². The standard InChI is InChI=1S/C13H21F3N4OS.HI/c1-3-21-8-4-6-18-12(17-2)19-7-5-11-20-10(9-22-11)13(14,15)16;/h9H,3-8H2,1-2H3,(H2,17,18,19);1H. The van der Waals surface area contributed by atoms with Crippen LogP contribution in [0.5, 0.6) is 0 Å². The molecule has 0 aromatic carbocycles. The lowest BCUT2D eigenvalue weighted by Crippen LogP contribution is -2.39. The molecule has 10 heteroatoms. The van der Waals surface area contributed by atoms with Crippen LogP contribution in [0.15, 0.2) is 10.4 Å². The molecule has 134 valence electrons. The number of halogens is 4. The molecule has 0 fully saturated rings. The minimum atomic E-state index is -4.37. The zero-order valence-corrected chi connectivity index (χ0v) is 16.2. The Hall–Kier alpha value is -0.620. The Balaban J connectivity index is 0.00000484. The minimum absolute atomic E-state index is 0. The third kappa shape index (κ3) is 9.30. The van der Waals surface area contributed by atoms with Crippen molar-refractivity contribution in [2.45, 2.75) is 25.9 Å². The van der Waals surface area contributed by atoms with Gasteiger partial charge in [-0.3, -0.25) is 4.99 Å². The van der Waals surface area contributed by atoms with Crippen molar-refractivity contribution in [1.29, 1.82) is 0 Å². The summed E-state index contributed by atoms with van der Waals surface area (Å²) in [4.78, 5) is 7.61. The van der Waals surface area contributed by atoms with E-state index in [1.807, 2.05) is 6.92 Å². The van der Waals surface area contributed by atoms with Gasteiger partial charge in [0.2, 0.25) is 0 Å². The Morgan fingerprint density at radius 3 is 2.61 bits per heavy atom. The minimum Gasteiger partial charge on any atom is -0.382 e. The monoisotopic (exact) mass is 466 g/mol. The second kappa shape index (κ2) is 11.8. The second-order valence-electron chi connectivity index (χ2n) is 4.35. The predicted octanol–water partition coefficient (Wildman–Crippen LogP) is 2.91. The Morgan fingerprint density at radius 1 is 1.35 bits per heavy atom. The van der Waals surface area contributed by atoms with Crippen molar-refractivity contribution in [2.75, 3.05) is 33.4 Å². The van der Waals surface area contributed by atoms with E-state index in [2.05, 4.69) is 20.6 Å². The average molecular weight is 466 g/mol. The van der Waals surface area contributed by atoms with Gasteiger partial charge in [-0.1, -0.05) is 0 Å². The highest BCUT2D eigenvalue weighted by Crippen LogP contribution is 2.29. The zero-order valence-electron chi connectivity index (χ0n) is 13.1. The molecule has 1 heterocycles. The molecule has 0 radical (unpaired) electrons. The van der Waals surface area contributed by atoms with Crippen LogP contribution in [0.1, 0.15) is 24.0 Å². The summed E-state index contributed by atoms with van der Waals surface area (Å²) in [5, 5.41) is 7.63. The van der Waals surface area contributed by atoms with Crippen LogP contribution in [-0.2, 0) is 17.3 Å². The molecule has 0 amide bonds. The highest BCUT2D eigenvalue weighted by atomic mass is 127. The van der Waals surface area contributed by atoms with Gasteiger partial charge in [-0.2, -0.15) is 13.2 Å². The molecule has 0 unspecified atom stereocenters. The molecule has 1 rings (SSSR count). The van der Waals surface area contributed by atoms with Crippen molar-refractivity contribution in [3.8, 4) is 0 Å². The lowest BCUT2D eigenvalue weighted by Gasteiger charge is -2.11. The fourth-order valence-electron chi connectivity index (χ4n) is 1.59. The van der Waals surface area contributed by atoms with Crippen molar-refractivity contribution in [3.05, 3.63) is 16.1 Å². The van der Waals surface area contributed by atoms with Crippen LogP contribution in [-0.4, -0.2) is 44.3 Å². The van der Waals surface area contributed by atoms with Crippen molar-refractivity contribution < 1.29 is 17.9 Å². The van der Waals surface area contributed by atoms with Crippen LogP contribution >= 0.6 is 35.3 Å². The highest BCUT2D eigenvalue weighted by Gasteiger charge is 2.33. The third-order valence-electron chi connectivity index (χ3n) is 2.66. The van der Waals surface area contributed by atoms with Crippen molar-refractivity contribution in [3.63, 3.8) is 0 Å². The topological polar surface area (TPSA) is 58.5 Å². The Bertz CT molecular complexity index is 468. The average Bonchev–Trinajstić information content (AvgIpc) is 2.94. The maximum absolute atomic E-state index is 12.4. The van der Waals surface area contributed by atoms with Gasteiger partial charge in [0, 0.05) is 45.2 Å². The molecule has 2 N–H and O–H groups in total. The summed E-state index contributed by atoms with van der Waals surface area (Å²) in [5.74, 6) is 0.615. The molecule has 0 aliphatic heterocycles. The summed E-state index contributed by atoms with van der Waals surface area (Å²) in [6, 6.07) is 0. The largest absolute Gasteiger partial charge is 0.434 e. The molecular formula is C13H22F3IN4OS. The van der Waals surface area contributed by atoms with Crippen molar-refractivity contribution in [1.82, 2.24) is 15.6 Å². The number of hydrogen-bond acceptors (Lipinski definition) is 4. The van der Waals surface area contributed by atoms with E-state index in [1.165, 1.54) is 0 Å². The van der Waals surface area contributed by atoms with E-state index in [-0.39, 0.29) is 24.0 Å². The summed E-state index contributed by atoms with van der Waals surface area (Å²) < 4.78 is 42.5. The Morgan fingerprint density at radius 2 is 2.04 bits per heavy atom. The van der Waals surface area contributed by atoms with E-state index < -0.39 is 11.9 Å². The van der Waals surface area contributed by atoms with Gasteiger partial charge in [0.25, 0.3) is 0 Å². The molecule has 0 bridgehead atoms. The fourth-order valence-corrected chi connectivity index (χ4v) is 2.39. The lowest BCUT2D eigenvalue weighted by atomic mass is 10.4. The SMILES string of the molecule is CCOCCCNC(=NC)NCCc1nc(C(F)(F)F)cs1.I. The number of nitrogens with zero attached hydrogens (tertiary/aromatic N) is 2. The van der Waals surface area contributed by atoms with Crippen LogP contribution in [0, 0.1) is 0 Å². The number of aliphatic imine (C=N–C) groups is 1. The van der Waals surface area contributed by atoms with Gasteiger partial charge in [-0.05, 0) is 13.3 Å². The number of nitrogens with one attached hydrogen (secondary N) is 2. The third-order valence-corrected chi connectivity index (χ3v) is 3.57. The van der Waals surface area contributed by atoms with Gasteiger partial charge < -0.3 is 15.4 Å². The van der Waals surface area contributed by atoms with Crippen molar-refractivity contribution >= 4 is 41.3 Å². The van der Waals surface area contributed by atoms with Gasteiger partial charge in [0.1, 0.15) is 0 Å². The molecule has 0 atom stereocenters. The zero-order chi connectivity index (χ0) is 16.4. The van der Waals surface area contributed by atoms with E-state index in [0.717, 1.165) is 29.7 Å². The van der Waals surface area contributed by atoms with Crippen LogP contribution in [0.2, 0.25) is 0 Å². The molecule has 0 aliphatic rings. The first-order chi connectivity index (χ1) is 10.5. The first kappa shape index (κ1) is 22.4. The van der Waals surface area contributed by atoms with E-state index in [1.54, 1.807) is 7.05 Å². The Labute approximate surface area is 155 Å². The van der Waals surface area contributed by atoms with Crippen LogP contribution in [0.4, 0.5) is 13.2 Å². The van der Waals surface area contributed by atoms with Gasteiger partial charge in [0.05, 0.1) is 5.01 Å². The molecule has 0 saturated carbocycles. The molecule has 1 aromatic rings. The predicted molar refractivity (Wildman–Crippen MR) is 96.7 cm³/mol. The van der Waals surface area contributed by atoms with Crippen LogP contribution in [0.3, 0.4) is 0 Å². The fraction of sp³-hybridized carbons (Fsp3) is 0.692. The summed E-state index contributed by atoms with van der Waals surface area (Å²) in [6.45, 7) is 4.50. The van der Waals surface area contributed by atoms with E-state index >= 15 is 0 Å². The lowest BCUT2D eigenvalue weighted by molar-refractivity contribution is -0.140. The number of ether oxygens (including phenoxy) is 1. The molecule has 5 nitrogen and oxygen atoms in total. The van der Waals surface area contributed by atoms with E-state index in [4.69, 9.17) is 4.74 Å². The summed E-state index contributed by atoms with van der Waals surface area (Å²) in [7, 11) is 1.64. The maximum atomic E-state index is 12.4. The Kier molecular flexibility index (Phi) is 11.5. The number of aromatic nitrogens is 1. The maximum Gasteiger partial charge on any atom is 0.434 e. The number of rotatable bonds is 8. The molecule has 0 saturated heterocycles. The van der Waals surface area contributed by atoms with Gasteiger partial charge >= 0.3 is 6.18 Å². The highest BCUT2D eigenvalue weighted by molar-refractivity contribution is 14.0. The summed E-state index contributed by atoms with van der Waals surface area (Å²) in [5.41, 5.74) is -0.828. The molecule has 0 spiro atoms. The van der Waals surface area contributed by atoms with E-state index in [9.17, 15) is 13.2 Å². The number of thiazole rings is 1. The van der Waals surface area contributed by atoms with Gasteiger partial charge in [-0.15, -0.1) is 35.3 Å². The quantitative estimate of drug-likeness (QED) is 0.268. The number of alkyl halides is 3. The molecular weight excluding hydrogens is 444 g/mol. The normalized spacial score (nSPS) is 12.0. The molecule has 1 aromatic heterocycles. The van der Waals surface area contributed by atoms with Crippen LogP contribution in [0.25, 0.3) is 0 Å². The smallest absolute Gasteiger partial charge is 0.382 e. The van der Waals surface area contributed by atoms with Crippen molar-refractivity contribution in [2.24, 2.45) is 4.99 Å². The number of hydrogen-bond donors (Lipinski definition) is 2. The molecule has 0 aliphatic carbocycles. The van der Waals surface area contributed by atoms with Crippen LogP contribution < -0.4 is 10.6 Å². The summed E-state index contributed by atoms with van der Waals surface area (Å²) >= 11 is 1.01. The first-order valence-corrected chi connectivity index (χ1v) is 7.89. The molecule has 23 heavy (non-hydrogen) atoms. The van der Waals surface area contributed by atoms with E-state index in [0.29, 0.717) is 37.1 Å². The summed E-state index contributed by atoms with van der Waals surface area (Å²) in [6.07, 6.45) is -3.10. The van der Waals surface area contributed by atoms with Gasteiger partial charge in [0.15, 0.2) is 11.7 Å². The first-order valence-electron chi connectivity index (χ1n) is 7.01. The second-order valence-corrected chi connectivity index (χ2v) is 5.29. The number of guanidine groups is 1.